The largest absolute Gasteiger partial charge is 0.481 e. The van der Waals surface area contributed by atoms with Crippen LogP contribution in [0.1, 0.15) is 33.6 Å². The molecule has 68 valence electrons. The van der Waals surface area contributed by atoms with Crippen molar-refractivity contribution in [2.75, 3.05) is 0 Å². The molecule has 1 aliphatic rings. The van der Waals surface area contributed by atoms with Gasteiger partial charge in [-0.3, -0.25) is 4.79 Å². The minimum Gasteiger partial charge on any atom is -0.481 e. The van der Waals surface area contributed by atoms with Crippen LogP contribution in [0.2, 0.25) is 0 Å². The molecule has 0 radical (unpaired) electrons. The summed E-state index contributed by atoms with van der Waals surface area (Å²) in [4.78, 5) is 10.9. The van der Waals surface area contributed by atoms with Crippen molar-refractivity contribution in [3.8, 4) is 0 Å². The van der Waals surface area contributed by atoms with E-state index < -0.39 is 5.97 Å². The number of rotatable bonds is 1. The van der Waals surface area contributed by atoms with Gasteiger partial charge < -0.3 is 5.11 Å². The Bertz CT molecular complexity index is 226. The lowest BCUT2D eigenvalue weighted by atomic mass is 9.69. The molecule has 0 aromatic heterocycles. The van der Waals surface area contributed by atoms with E-state index in [0.29, 0.717) is 0 Å². The van der Waals surface area contributed by atoms with Gasteiger partial charge in [0.05, 0.1) is 5.92 Å². The molecule has 0 spiro atoms. The fourth-order valence-electron chi connectivity index (χ4n) is 2.08. The van der Waals surface area contributed by atoms with Crippen molar-refractivity contribution in [1.82, 2.24) is 0 Å². The van der Waals surface area contributed by atoms with E-state index in [1.165, 1.54) is 0 Å². The van der Waals surface area contributed by atoms with Gasteiger partial charge in [0, 0.05) is 0 Å². The van der Waals surface area contributed by atoms with Crippen molar-refractivity contribution in [3.63, 3.8) is 0 Å². The van der Waals surface area contributed by atoms with E-state index in [4.69, 9.17) is 5.11 Å². The van der Waals surface area contributed by atoms with Gasteiger partial charge in [-0.1, -0.05) is 25.5 Å². The maximum absolute atomic E-state index is 10.9. The summed E-state index contributed by atoms with van der Waals surface area (Å²) in [6, 6.07) is 0. The van der Waals surface area contributed by atoms with Gasteiger partial charge in [-0.25, -0.2) is 0 Å². The van der Waals surface area contributed by atoms with Gasteiger partial charge >= 0.3 is 5.97 Å². The molecule has 0 bridgehead atoms. The van der Waals surface area contributed by atoms with Crippen molar-refractivity contribution in [2.24, 2.45) is 11.3 Å². The monoisotopic (exact) mass is 168 g/mol. The second-order valence-electron chi connectivity index (χ2n) is 4.25. The molecule has 0 amide bonds. The molecular weight excluding hydrogens is 152 g/mol. The summed E-state index contributed by atoms with van der Waals surface area (Å²) in [6.45, 7) is 5.98. The summed E-state index contributed by atoms with van der Waals surface area (Å²) in [5, 5.41) is 9.00. The molecule has 12 heavy (non-hydrogen) atoms. The smallest absolute Gasteiger partial charge is 0.311 e. The predicted octanol–water partition coefficient (Wildman–Crippen LogP) is 2.45. The van der Waals surface area contributed by atoms with Crippen LogP contribution in [0.15, 0.2) is 11.6 Å². The van der Waals surface area contributed by atoms with E-state index in [1.807, 2.05) is 26.8 Å². The van der Waals surface area contributed by atoms with Gasteiger partial charge in [0.2, 0.25) is 0 Å². The molecule has 0 aliphatic heterocycles. The van der Waals surface area contributed by atoms with Crippen molar-refractivity contribution in [1.29, 1.82) is 0 Å². The van der Waals surface area contributed by atoms with Gasteiger partial charge in [0.25, 0.3) is 0 Å². The van der Waals surface area contributed by atoms with Crippen LogP contribution in [0.5, 0.6) is 0 Å². The third kappa shape index (κ3) is 1.52. The van der Waals surface area contributed by atoms with Crippen LogP contribution >= 0.6 is 0 Å². The van der Waals surface area contributed by atoms with Gasteiger partial charge in [-0.15, -0.1) is 0 Å². The van der Waals surface area contributed by atoms with Gasteiger partial charge in [0.1, 0.15) is 0 Å². The first-order valence-corrected chi connectivity index (χ1v) is 4.34. The summed E-state index contributed by atoms with van der Waals surface area (Å²) >= 11 is 0. The van der Waals surface area contributed by atoms with E-state index in [0.717, 1.165) is 18.4 Å². The Balaban J connectivity index is 2.96. The molecule has 0 heterocycles. The van der Waals surface area contributed by atoms with Crippen LogP contribution in [0, 0.1) is 11.3 Å². The number of hydrogen-bond donors (Lipinski definition) is 1. The predicted molar refractivity (Wildman–Crippen MR) is 47.9 cm³/mol. The minimum atomic E-state index is -0.687. The van der Waals surface area contributed by atoms with Crippen LogP contribution in [0.4, 0.5) is 0 Å². The van der Waals surface area contributed by atoms with Crippen LogP contribution in [-0.4, -0.2) is 11.1 Å². The lowest BCUT2D eigenvalue weighted by molar-refractivity contribution is -0.144. The van der Waals surface area contributed by atoms with Gasteiger partial charge in [-0.05, 0) is 25.2 Å². The Morgan fingerprint density at radius 1 is 1.67 bits per heavy atom. The third-order valence-corrected chi connectivity index (χ3v) is 2.74. The zero-order chi connectivity index (χ0) is 9.35. The van der Waals surface area contributed by atoms with Gasteiger partial charge in [-0.2, -0.15) is 0 Å². The van der Waals surface area contributed by atoms with E-state index in [9.17, 15) is 4.79 Å². The first-order chi connectivity index (χ1) is 5.45. The minimum absolute atomic E-state index is 0.0787. The number of aliphatic carboxylic acids is 1. The van der Waals surface area contributed by atoms with Crippen LogP contribution in [-0.2, 0) is 4.79 Å². The van der Waals surface area contributed by atoms with Crippen LogP contribution < -0.4 is 0 Å². The van der Waals surface area contributed by atoms with Crippen LogP contribution in [0.3, 0.4) is 0 Å². The summed E-state index contributed by atoms with van der Waals surface area (Å²) in [6.07, 6.45) is 4.04. The lowest BCUT2D eigenvalue weighted by Gasteiger charge is -2.35. The van der Waals surface area contributed by atoms with E-state index in [-0.39, 0.29) is 11.3 Å². The van der Waals surface area contributed by atoms with Crippen LogP contribution in [0.25, 0.3) is 0 Å². The molecule has 0 unspecified atom stereocenters. The highest BCUT2D eigenvalue weighted by Gasteiger charge is 2.37. The Hall–Kier alpha value is -0.790. The molecule has 1 rings (SSSR count). The Morgan fingerprint density at radius 3 is 2.58 bits per heavy atom. The second kappa shape index (κ2) is 2.92. The number of hydrogen-bond acceptors (Lipinski definition) is 1. The third-order valence-electron chi connectivity index (χ3n) is 2.74. The topological polar surface area (TPSA) is 37.3 Å². The summed E-state index contributed by atoms with van der Waals surface area (Å²) in [7, 11) is 0. The first kappa shape index (κ1) is 9.30. The molecule has 1 aliphatic carbocycles. The Morgan fingerprint density at radius 2 is 2.25 bits per heavy atom. The molecule has 2 heteroatoms. The fourth-order valence-corrected chi connectivity index (χ4v) is 2.08. The zero-order valence-corrected chi connectivity index (χ0v) is 7.92. The molecule has 0 saturated carbocycles. The standard InChI is InChI=1S/C10H16O2/c1-7-5-4-6-10(2,3)8(7)9(11)12/h5,8H,4,6H2,1-3H3,(H,11,12)/t8-/m0/s1. The first-order valence-electron chi connectivity index (χ1n) is 4.34. The van der Waals surface area contributed by atoms with E-state index >= 15 is 0 Å². The second-order valence-corrected chi connectivity index (χ2v) is 4.25. The number of carboxylic acid groups (broad SMARTS) is 1. The molecular formula is C10H16O2. The fraction of sp³-hybridized carbons (Fsp3) is 0.700. The molecule has 0 aromatic rings. The molecule has 2 nitrogen and oxygen atoms in total. The molecule has 1 atom stereocenters. The normalized spacial score (nSPS) is 27.9. The summed E-state index contributed by atoms with van der Waals surface area (Å²) < 4.78 is 0. The van der Waals surface area contributed by atoms with Crippen molar-refractivity contribution >= 4 is 5.97 Å². The number of allylic oxidation sites excluding steroid dienone is 1. The quantitative estimate of drug-likeness (QED) is 0.610. The van der Waals surface area contributed by atoms with E-state index in [2.05, 4.69) is 0 Å². The van der Waals surface area contributed by atoms with Crippen molar-refractivity contribution < 1.29 is 9.90 Å². The maximum atomic E-state index is 10.9. The highest BCUT2D eigenvalue weighted by molar-refractivity contribution is 5.74. The Kier molecular flexibility index (Phi) is 2.27. The molecule has 0 fully saturated rings. The zero-order valence-electron chi connectivity index (χ0n) is 7.92. The number of carbonyl (C=O) groups is 1. The Labute approximate surface area is 73.3 Å². The number of carboxylic acids is 1. The van der Waals surface area contributed by atoms with E-state index in [1.54, 1.807) is 0 Å². The highest BCUT2D eigenvalue weighted by atomic mass is 16.4. The molecule has 0 saturated heterocycles. The summed E-state index contributed by atoms with van der Waals surface area (Å²) in [5.74, 6) is -0.973. The average Bonchev–Trinajstić information content (AvgIpc) is 1.82. The molecule has 0 aromatic carbocycles. The van der Waals surface area contributed by atoms with Crippen molar-refractivity contribution in [2.45, 2.75) is 33.6 Å². The molecule has 1 N–H and O–H groups in total. The summed E-state index contributed by atoms with van der Waals surface area (Å²) in [5.41, 5.74) is 0.934. The average molecular weight is 168 g/mol. The van der Waals surface area contributed by atoms with Crippen molar-refractivity contribution in [3.05, 3.63) is 11.6 Å². The lowest BCUT2D eigenvalue weighted by Crippen LogP contribution is -2.33. The highest BCUT2D eigenvalue weighted by Crippen LogP contribution is 2.40. The maximum Gasteiger partial charge on any atom is 0.311 e. The SMILES string of the molecule is CC1=CCCC(C)(C)[C@@H]1C(=O)O. The van der Waals surface area contributed by atoms with Gasteiger partial charge in [0.15, 0.2) is 0 Å².